The highest BCUT2D eigenvalue weighted by atomic mass is 19.1. The first-order valence-corrected chi connectivity index (χ1v) is 6.55. The van der Waals surface area contributed by atoms with Crippen LogP contribution in [0.3, 0.4) is 0 Å². The highest BCUT2D eigenvalue weighted by molar-refractivity contribution is 5.74. The van der Waals surface area contributed by atoms with Gasteiger partial charge < -0.3 is 15.2 Å². The zero-order chi connectivity index (χ0) is 13.4. The van der Waals surface area contributed by atoms with Crippen LogP contribution in [0.25, 0.3) is 0 Å². The molecule has 0 amide bonds. The molecule has 4 nitrogen and oxygen atoms in total. The minimum atomic E-state index is -0.802. The number of carbonyl (C=O) groups is 1. The predicted octanol–water partition coefficient (Wildman–Crippen LogP) is 1.58. The van der Waals surface area contributed by atoms with Gasteiger partial charge in [0.25, 0.3) is 0 Å². The summed E-state index contributed by atoms with van der Waals surface area (Å²) in [5, 5.41) is 12.2. The van der Waals surface area contributed by atoms with Gasteiger partial charge in [-0.25, -0.2) is 4.39 Å². The van der Waals surface area contributed by atoms with Crippen LogP contribution in [0.1, 0.15) is 18.4 Å². The molecule has 5 heteroatoms. The van der Waals surface area contributed by atoms with E-state index in [1.165, 1.54) is 12.1 Å². The number of halogens is 1. The van der Waals surface area contributed by atoms with Crippen molar-refractivity contribution < 1.29 is 19.0 Å². The summed E-state index contributed by atoms with van der Waals surface area (Å²) in [6, 6.07) is 3.99. The van der Waals surface area contributed by atoms with Gasteiger partial charge in [0.15, 0.2) is 0 Å². The van der Waals surface area contributed by atoms with Gasteiger partial charge in [-0.15, -0.1) is 0 Å². The van der Waals surface area contributed by atoms with E-state index in [-0.39, 0.29) is 17.8 Å². The molecule has 102 valence electrons. The second kappa shape index (κ2) is 4.81. The Hall–Kier alpha value is -1.62. The van der Waals surface area contributed by atoms with Gasteiger partial charge in [-0.05, 0) is 37.0 Å². The molecule has 1 aromatic carbocycles. The van der Waals surface area contributed by atoms with Gasteiger partial charge in [-0.3, -0.25) is 4.79 Å². The fraction of sp³-hybridized carbons (Fsp3) is 0.500. The third-order valence-electron chi connectivity index (χ3n) is 3.69. The van der Waals surface area contributed by atoms with E-state index < -0.39 is 12.0 Å². The number of ether oxygens (including phenoxy) is 1. The fourth-order valence-electron chi connectivity index (χ4n) is 2.55. The molecule has 19 heavy (non-hydrogen) atoms. The van der Waals surface area contributed by atoms with Gasteiger partial charge in [0.1, 0.15) is 23.7 Å². The third kappa shape index (κ3) is 2.71. The van der Waals surface area contributed by atoms with Crippen LogP contribution in [0.4, 0.5) is 4.39 Å². The SMILES string of the molecule is O=C(O)C(NCC1Cc2cc(F)ccc2O1)C1CC1. The van der Waals surface area contributed by atoms with Crippen LogP contribution in [0.5, 0.6) is 5.75 Å². The summed E-state index contributed by atoms with van der Waals surface area (Å²) < 4.78 is 18.7. The van der Waals surface area contributed by atoms with E-state index in [1.807, 2.05) is 0 Å². The van der Waals surface area contributed by atoms with Crippen molar-refractivity contribution in [3.63, 3.8) is 0 Å². The van der Waals surface area contributed by atoms with Crippen molar-refractivity contribution in [2.45, 2.75) is 31.4 Å². The monoisotopic (exact) mass is 265 g/mol. The third-order valence-corrected chi connectivity index (χ3v) is 3.69. The maximum Gasteiger partial charge on any atom is 0.320 e. The summed E-state index contributed by atoms with van der Waals surface area (Å²) in [4.78, 5) is 11.1. The normalized spacial score (nSPS) is 22.7. The molecule has 0 bridgehead atoms. The van der Waals surface area contributed by atoms with E-state index >= 15 is 0 Å². The van der Waals surface area contributed by atoms with Crippen LogP contribution < -0.4 is 10.1 Å². The Kier molecular flexibility index (Phi) is 3.14. The quantitative estimate of drug-likeness (QED) is 0.848. The number of carboxylic acids is 1. The van der Waals surface area contributed by atoms with Crippen molar-refractivity contribution in [1.82, 2.24) is 5.32 Å². The molecule has 2 atom stereocenters. The van der Waals surface area contributed by atoms with E-state index in [2.05, 4.69) is 5.32 Å². The van der Waals surface area contributed by atoms with Gasteiger partial charge in [-0.1, -0.05) is 0 Å². The molecule has 2 N–H and O–H groups in total. The first-order chi connectivity index (χ1) is 9.13. The van der Waals surface area contributed by atoms with Gasteiger partial charge in [0, 0.05) is 18.5 Å². The molecule has 2 aliphatic rings. The summed E-state index contributed by atoms with van der Waals surface area (Å²) in [6.07, 6.45) is 2.45. The van der Waals surface area contributed by atoms with Gasteiger partial charge >= 0.3 is 5.97 Å². The molecule has 0 saturated heterocycles. The molecule has 0 spiro atoms. The molecular formula is C14H16FNO3. The van der Waals surface area contributed by atoms with Crippen molar-refractivity contribution in [2.24, 2.45) is 5.92 Å². The Morgan fingerprint density at radius 3 is 3.00 bits per heavy atom. The molecule has 0 aromatic heterocycles. The van der Waals surface area contributed by atoms with Crippen molar-refractivity contribution in [3.05, 3.63) is 29.6 Å². The molecule has 1 aliphatic heterocycles. The second-order valence-electron chi connectivity index (χ2n) is 5.26. The average Bonchev–Trinajstić information content (AvgIpc) is 3.09. The van der Waals surface area contributed by atoms with Crippen LogP contribution in [0.2, 0.25) is 0 Å². The maximum atomic E-state index is 13.1. The summed E-state index contributed by atoms with van der Waals surface area (Å²) in [5.41, 5.74) is 0.852. The van der Waals surface area contributed by atoms with Crippen molar-refractivity contribution >= 4 is 5.97 Å². The summed E-state index contributed by atoms with van der Waals surface area (Å²) in [5.74, 6) is -0.119. The molecule has 2 unspecified atom stereocenters. The van der Waals surface area contributed by atoms with Gasteiger partial charge in [-0.2, -0.15) is 0 Å². The molecule has 1 aliphatic carbocycles. The van der Waals surface area contributed by atoms with E-state index in [4.69, 9.17) is 9.84 Å². The van der Waals surface area contributed by atoms with Crippen LogP contribution in [0.15, 0.2) is 18.2 Å². The average molecular weight is 265 g/mol. The van der Waals surface area contributed by atoms with E-state index in [0.717, 1.165) is 18.4 Å². The lowest BCUT2D eigenvalue weighted by Crippen LogP contribution is -2.43. The molecule has 1 saturated carbocycles. The Bertz CT molecular complexity index is 501. The summed E-state index contributed by atoms with van der Waals surface area (Å²) in [7, 11) is 0. The lowest BCUT2D eigenvalue weighted by Gasteiger charge is -2.17. The van der Waals surface area contributed by atoms with Gasteiger partial charge in [0.05, 0.1) is 0 Å². The van der Waals surface area contributed by atoms with Crippen LogP contribution in [-0.4, -0.2) is 29.8 Å². The smallest absolute Gasteiger partial charge is 0.320 e. The number of benzene rings is 1. The Balaban J connectivity index is 1.57. The minimum Gasteiger partial charge on any atom is -0.488 e. The lowest BCUT2D eigenvalue weighted by atomic mass is 10.1. The van der Waals surface area contributed by atoms with E-state index in [1.54, 1.807) is 6.07 Å². The standard InChI is InChI=1S/C14H16FNO3/c15-10-3-4-12-9(5-10)6-11(19-12)7-16-13(14(17)18)8-1-2-8/h3-5,8,11,13,16H,1-2,6-7H2,(H,17,18). The van der Waals surface area contributed by atoms with Crippen LogP contribution in [-0.2, 0) is 11.2 Å². The number of rotatable bonds is 5. The molecule has 1 heterocycles. The molecule has 3 rings (SSSR count). The minimum absolute atomic E-state index is 0.114. The zero-order valence-corrected chi connectivity index (χ0v) is 10.4. The molecule has 1 fully saturated rings. The number of hydrogen-bond acceptors (Lipinski definition) is 3. The van der Waals surface area contributed by atoms with Gasteiger partial charge in [0.2, 0.25) is 0 Å². The number of aliphatic carboxylic acids is 1. The predicted molar refractivity (Wildman–Crippen MR) is 66.7 cm³/mol. The maximum absolute atomic E-state index is 13.1. The number of hydrogen-bond donors (Lipinski definition) is 2. The second-order valence-corrected chi connectivity index (χ2v) is 5.26. The number of fused-ring (bicyclic) bond motifs is 1. The Labute approximate surface area is 110 Å². The largest absolute Gasteiger partial charge is 0.488 e. The lowest BCUT2D eigenvalue weighted by molar-refractivity contribution is -0.140. The van der Waals surface area contributed by atoms with Crippen LogP contribution in [0, 0.1) is 11.7 Å². The van der Waals surface area contributed by atoms with Crippen molar-refractivity contribution in [3.8, 4) is 5.75 Å². The summed E-state index contributed by atoms with van der Waals surface area (Å²) in [6.45, 7) is 0.476. The number of carboxylic acid groups (broad SMARTS) is 1. The fourth-order valence-corrected chi connectivity index (χ4v) is 2.55. The Morgan fingerprint density at radius 2 is 2.32 bits per heavy atom. The van der Waals surface area contributed by atoms with Crippen molar-refractivity contribution in [2.75, 3.05) is 6.54 Å². The summed E-state index contributed by atoms with van der Waals surface area (Å²) >= 11 is 0. The molecule has 1 aromatic rings. The first kappa shape index (κ1) is 12.4. The first-order valence-electron chi connectivity index (χ1n) is 6.55. The van der Waals surface area contributed by atoms with Crippen molar-refractivity contribution in [1.29, 1.82) is 0 Å². The number of nitrogens with one attached hydrogen (secondary N) is 1. The topological polar surface area (TPSA) is 58.6 Å². The van der Waals surface area contributed by atoms with E-state index in [0.29, 0.717) is 18.7 Å². The molecule has 0 radical (unpaired) electrons. The Morgan fingerprint density at radius 1 is 1.53 bits per heavy atom. The van der Waals surface area contributed by atoms with Crippen LogP contribution >= 0.6 is 0 Å². The highest BCUT2D eigenvalue weighted by Gasteiger charge is 2.36. The molecular weight excluding hydrogens is 249 g/mol. The zero-order valence-electron chi connectivity index (χ0n) is 10.4. The van der Waals surface area contributed by atoms with E-state index in [9.17, 15) is 9.18 Å². The highest BCUT2D eigenvalue weighted by Crippen LogP contribution is 2.33.